The zero-order valence-corrected chi connectivity index (χ0v) is 12.0. The summed E-state index contributed by atoms with van der Waals surface area (Å²) in [4.78, 5) is 14.3. The van der Waals surface area contributed by atoms with Crippen LogP contribution in [0, 0.1) is 5.92 Å². The number of amides is 1. The number of hydrogen-bond donors (Lipinski definition) is 2. The van der Waals surface area contributed by atoms with E-state index in [1.165, 1.54) is 0 Å². The summed E-state index contributed by atoms with van der Waals surface area (Å²) >= 11 is 0. The van der Waals surface area contributed by atoms with Crippen molar-refractivity contribution in [3.8, 4) is 0 Å². The van der Waals surface area contributed by atoms with E-state index >= 15 is 0 Å². The molecule has 18 heavy (non-hydrogen) atoms. The molecule has 1 aliphatic heterocycles. The summed E-state index contributed by atoms with van der Waals surface area (Å²) in [7, 11) is 4.08. The largest absolute Gasteiger partial charge is 0.379 e. The summed E-state index contributed by atoms with van der Waals surface area (Å²) in [6, 6.07) is 0.374. The van der Waals surface area contributed by atoms with Gasteiger partial charge in [-0.15, -0.1) is 0 Å². The Morgan fingerprint density at radius 2 is 2.17 bits per heavy atom. The van der Waals surface area contributed by atoms with Crippen molar-refractivity contribution in [2.75, 3.05) is 40.4 Å². The van der Waals surface area contributed by atoms with E-state index < -0.39 is 0 Å². The summed E-state index contributed by atoms with van der Waals surface area (Å²) in [5.41, 5.74) is 0. The molecule has 1 saturated heterocycles. The van der Waals surface area contributed by atoms with Gasteiger partial charge in [0.2, 0.25) is 5.91 Å². The van der Waals surface area contributed by atoms with Crippen molar-refractivity contribution in [1.29, 1.82) is 0 Å². The number of nitrogens with one attached hydrogen (secondary N) is 2. The van der Waals surface area contributed by atoms with Crippen molar-refractivity contribution in [2.24, 2.45) is 5.92 Å². The van der Waals surface area contributed by atoms with Gasteiger partial charge in [0.25, 0.3) is 0 Å². The van der Waals surface area contributed by atoms with E-state index in [-0.39, 0.29) is 23.9 Å². The minimum atomic E-state index is -0.0493. The Bertz CT molecular complexity index is 259. The molecule has 0 aromatic heterocycles. The van der Waals surface area contributed by atoms with Gasteiger partial charge in [0.15, 0.2) is 0 Å². The highest BCUT2D eigenvalue weighted by Gasteiger charge is 2.33. The highest BCUT2D eigenvalue weighted by atomic mass is 16.5. The van der Waals surface area contributed by atoms with E-state index in [4.69, 9.17) is 4.74 Å². The van der Waals surface area contributed by atoms with Gasteiger partial charge in [0, 0.05) is 12.1 Å². The van der Waals surface area contributed by atoms with Gasteiger partial charge in [-0.2, -0.15) is 0 Å². The normalized spacial score (nSPS) is 25.4. The van der Waals surface area contributed by atoms with E-state index in [0.717, 1.165) is 19.5 Å². The summed E-state index contributed by atoms with van der Waals surface area (Å²) < 4.78 is 5.39. The molecule has 1 heterocycles. The molecule has 1 amide bonds. The predicted molar refractivity (Wildman–Crippen MR) is 72.5 cm³/mol. The van der Waals surface area contributed by atoms with Gasteiger partial charge in [0.1, 0.15) is 0 Å². The minimum Gasteiger partial charge on any atom is -0.379 e. The molecule has 1 fully saturated rings. The first-order valence-corrected chi connectivity index (χ1v) is 6.80. The molecule has 5 nitrogen and oxygen atoms in total. The smallest absolute Gasteiger partial charge is 0.227 e. The van der Waals surface area contributed by atoms with Crippen LogP contribution in [-0.2, 0) is 9.53 Å². The van der Waals surface area contributed by atoms with Gasteiger partial charge >= 0.3 is 0 Å². The predicted octanol–water partition coefficient (Wildman–Crippen LogP) is 0.0673. The molecule has 3 atom stereocenters. The van der Waals surface area contributed by atoms with Gasteiger partial charge in [-0.3, -0.25) is 4.79 Å². The molecule has 1 rings (SSSR count). The lowest BCUT2D eigenvalue weighted by Gasteiger charge is -2.21. The van der Waals surface area contributed by atoms with E-state index in [2.05, 4.69) is 22.5 Å². The van der Waals surface area contributed by atoms with Crippen LogP contribution in [0.3, 0.4) is 0 Å². The highest BCUT2D eigenvalue weighted by molar-refractivity contribution is 5.80. The lowest BCUT2D eigenvalue weighted by molar-refractivity contribution is -0.126. The Balaban J connectivity index is 2.34. The third kappa shape index (κ3) is 4.92. The fraction of sp³-hybridized carbons (Fsp3) is 0.923. The zero-order chi connectivity index (χ0) is 13.5. The van der Waals surface area contributed by atoms with Crippen molar-refractivity contribution in [3.05, 3.63) is 0 Å². The molecule has 0 radical (unpaired) electrons. The molecule has 0 saturated carbocycles. The summed E-state index contributed by atoms with van der Waals surface area (Å²) in [5, 5.41) is 6.38. The molecule has 0 aromatic carbocycles. The Morgan fingerprint density at radius 3 is 2.78 bits per heavy atom. The summed E-state index contributed by atoms with van der Waals surface area (Å²) in [6.07, 6.45) is 0.970. The molecule has 0 aromatic rings. The Hall–Kier alpha value is -0.650. The topological polar surface area (TPSA) is 53.6 Å². The molecular formula is C13H27N3O2. The summed E-state index contributed by atoms with van der Waals surface area (Å²) in [5.74, 6) is 0.0662. The maximum Gasteiger partial charge on any atom is 0.227 e. The summed E-state index contributed by atoms with van der Waals surface area (Å²) in [6.45, 7) is 7.13. The molecule has 0 spiro atoms. The molecule has 0 aliphatic carbocycles. The fourth-order valence-electron chi connectivity index (χ4n) is 2.15. The average molecular weight is 257 g/mol. The average Bonchev–Trinajstić information content (AvgIpc) is 2.75. The number of hydrogen-bond acceptors (Lipinski definition) is 4. The molecule has 0 bridgehead atoms. The first kappa shape index (κ1) is 15.4. The number of ether oxygens (including phenoxy) is 1. The van der Waals surface area contributed by atoms with E-state index in [0.29, 0.717) is 13.2 Å². The molecule has 2 N–H and O–H groups in total. The first-order chi connectivity index (χ1) is 8.54. The van der Waals surface area contributed by atoms with Gasteiger partial charge in [-0.05, 0) is 40.5 Å². The van der Waals surface area contributed by atoms with Crippen LogP contribution in [-0.4, -0.2) is 63.3 Å². The highest BCUT2D eigenvalue weighted by Crippen LogP contribution is 2.14. The second-order valence-corrected chi connectivity index (χ2v) is 5.31. The Morgan fingerprint density at radius 1 is 1.44 bits per heavy atom. The monoisotopic (exact) mass is 257 g/mol. The maximum atomic E-state index is 12.1. The van der Waals surface area contributed by atoms with Crippen LogP contribution in [0.4, 0.5) is 0 Å². The molecule has 5 heteroatoms. The van der Waals surface area contributed by atoms with Crippen molar-refractivity contribution < 1.29 is 9.53 Å². The van der Waals surface area contributed by atoms with Gasteiger partial charge in [-0.25, -0.2) is 0 Å². The van der Waals surface area contributed by atoms with Gasteiger partial charge < -0.3 is 20.3 Å². The Labute approximate surface area is 110 Å². The Kier molecular flexibility index (Phi) is 6.60. The van der Waals surface area contributed by atoms with Crippen molar-refractivity contribution in [3.63, 3.8) is 0 Å². The van der Waals surface area contributed by atoms with E-state index in [9.17, 15) is 4.79 Å². The van der Waals surface area contributed by atoms with E-state index in [1.807, 2.05) is 21.0 Å². The fourth-order valence-corrected chi connectivity index (χ4v) is 2.15. The number of carbonyl (C=O) groups excluding carboxylic acids is 1. The van der Waals surface area contributed by atoms with Crippen molar-refractivity contribution in [1.82, 2.24) is 15.5 Å². The lowest BCUT2D eigenvalue weighted by atomic mass is 10.0. The van der Waals surface area contributed by atoms with Crippen LogP contribution in [0.25, 0.3) is 0 Å². The van der Waals surface area contributed by atoms with Crippen LogP contribution >= 0.6 is 0 Å². The third-order valence-electron chi connectivity index (χ3n) is 3.28. The third-order valence-corrected chi connectivity index (χ3v) is 3.28. The first-order valence-electron chi connectivity index (χ1n) is 6.80. The van der Waals surface area contributed by atoms with Crippen LogP contribution in [0.15, 0.2) is 0 Å². The van der Waals surface area contributed by atoms with Gasteiger partial charge in [-0.1, -0.05) is 6.92 Å². The standard InChI is InChI=1S/C13H27N3O2/c1-5-14-12-9-18-8-11(12)13(17)15-10(2)6-7-16(3)4/h10-12,14H,5-9H2,1-4H3,(H,15,17). The molecule has 3 unspecified atom stereocenters. The number of nitrogens with zero attached hydrogens (tertiary/aromatic N) is 1. The molecular weight excluding hydrogens is 230 g/mol. The van der Waals surface area contributed by atoms with Crippen molar-refractivity contribution in [2.45, 2.75) is 32.4 Å². The molecule has 106 valence electrons. The minimum absolute atomic E-state index is 0.0493. The molecule has 1 aliphatic rings. The van der Waals surface area contributed by atoms with Crippen LogP contribution in [0.5, 0.6) is 0 Å². The second-order valence-electron chi connectivity index (χ2n) is 5.31. The lowest BCUT2D eigenvalue weighted by Crippen LogP contribution is -2.46. The number of likely N-dealkylation sites (N-methyl/N-ethyl adjacent to an activating group) is 1. The zero-order valence-electron chi connectivity index (χ0n) is 12.0. The van der Waals surface area contributed by atoms with Crippen LogP contribution in [0.2, 0.25) is 0 Å². The van der Waals surface area contributed by atoms with E-state index in [1.54, 1.807) is 0 Å². The maximum absolute atomic E-state index is 12.1. The van der Waals surface area contributed by atoms with Crippen molar-refractivity contribution >= 4 is 5.91 Å². The number of carbonyl (C=O) groups is 1. The SMILES string of the molecule is CCNC1COCC1C(=O)NC(C)CCN(C)C. The number of rotatable bonds is 7. The quantitative estimate of drug-likeness (QED) is 0.677. The van der Waals surface area contributed by atoms with Crippen LogP contribution in [0.1, 0.15) is 20.3 Å². The van der Waals surface area contributed by atoms with Gasteiger partial charge in [0.05, 0.1) is 19.1 Å². The second kappa shape index (κ2) is 7.71. The van der Waals surface area contributed by atoms with Crippen LogP contribution < -0.4 is 10.6 Å².